The number of likely N-dealkylation sites (N-methyl/N-ethyl adjacent to an activating group) is 2. The van der Waals surface area contributed by atoms with Crippen LogP contribution in [-0.2, 0) is 9.47 Å². The van der Waals surface area contributed by atoms with Gasteiger partial charge in [0.05, 0.1) is 12.2 Å². The lowest BCUT2D eigenvalue weighted by atomic mass is 9.79. The first-order valence-electron chi connectivity index (χ1n) is 8.44. The number of hydrogen-bond acceptors (Lipinski definition) is 5. The Morgan fingerprint density at radius 2 is 2.14 bits per heavy atom. The van der Waals surface area contributed by atoms with Gasteiger partial charge in [-0.05, 0) is 39.3 Å². The van der Waals surface area contributed by atoms with E-state index in [1.54, 1.807) is 0 Å². The summed E-state index contributed by atoms with van der Waals surface area (Å²) in [6.07, 6.45) is 4.33. The second-order valence-corrected chi connectivity index (χ2v) is 7.38. The molecule has 3 rings (SSSR count). The fourth-order valence-electron chi connectivity index (χ4n) is 4.16. The second-order valence-electron chi connectivity index (χ2n) is 7.38. The fourth-order valence-corrected chi connectivity index (χ4v) is 4.16. The Hall–Kier alpha value is -0.200. The van der Waals surface area contributed by atoms with Gasteiger partial charge in [-0.25, -0.2) is 0 Å². The minimum absolute atomic E-state index is 0.0181. The van der Waals surface area contributed by atoms with E-state index in [0.29, 0.717) is 12.0 Å². The normalized spacial score (nSPS) is 40.7. The van der Waals surface area contributed by atoms with Crippen molar-refractivity contribution in [3.63, 3.8) is 0 Å². The topological polar surface area (TPSA) is 51.0 Å². The number of hydrogen-bond donors (Lipinski definition) is 1. The third kappa shape index (κ3) is 3.59. The van der Waals surface area contributed by atoms with Gasteiger partial charge in [-0.15, -0.1) is 0 Å². The fraction of sp³-hybridized carbons (Fsp3) is 1.00. The highest BCUT2D eigenvalue weighted by molar-refractivity contribution is 4.94. The zero-order chi connectivity index (χ0) is 14.9. The molecule has 0 aromatic rings. The Balaban J connectivity index is 1.55. The van der Waals surface area contributed by atoms with E-state index in [1.165, 1.54) is 6.54 Å². The second kappa shape index (κ2) is 6.50. The van der Waals surface area contributed by atoms with E-state index in [1.807, 2.05) is 0 Å². The van der Waals surface area contributed by atoms with E-state index in [-0.39, 0.29) is 11.6 Å². The molecule has 3 aliphatic heterocycles. The molecule has 3 fully saturated rings. The summed E-state index contributed by atoms with van der Waals surface area (Å²) in [7, 11) is 4.45. The molecule has 2 N–H and O–H groups in total. The van der Waals surface area contributed by atoms with Gasteiger partial charge in [0.2, 0.25) is 0 Å². The molecule has 5 nitrogen and oxygen atoms in total. The average molecular weight is 297 g/mol. The lowest BCUT2D eigenvalue weighted by Gasteiger charge is -2.43. The molecular formula is C16H31N3O2. The van der Waals surface area contributed by atoms with E-state index in [2.05, 4.69) is 23.9 Å². The number of rotatable bonds is 3. The third-order valence-electron chi connectivity index (χ3n) is 5.73. The molecule has 5 heteroatoms. The summed E-state index contributed by atoms with van der Waals surface area (Å²) in [6.45, 7) is 5.92. The summed E-state index contributed by atoms with van der Waals surface area (Å²) in [4.78, 5) is 4.90. The molecule has 122 valence electrons. The van der Waals surface area contributed by atoms with Gasteiger partial charge in [-0.1, -0.05) is 0 Å². The van der Waals surface area contributed by atoms with Crippen molar-refractivity contribution in [2.24, 2.45) is 11.7 Å². The molecule has 0 aromatic carbocycles. The SMILES string of the molecule is CN1CCN(C)C(CC(N)C2CCOC3(CCOC3)C2)C1. The Kier molecular flexibility index (Phi) is 4.86. The first-order chi connectivity index (χ1) is 10.1. The number of nitrogens with two attached hydrogens (primary N) is 1. The molecule has 0 saturated carbocycles. The zero-order valence-electron chi connectivity index (χ0n) is 13.6. The Labute approximate surface area is 128 Å². The minimum Gasteiger partial charge on any atom is -0.378 e. The van der Waals surface area contributed by atoms with Crippen LogP contribution in [-0.4, -0.2) is 81.0 Å². The summed E-state index contributed by atoms with van der Waals surface area (Å²) in [6, 6.07) is 0.877. The smallest absolute Gasteiger partial charge is 0.0939 e. The Morgan fingerprint density at radius 1 is 1.29 bits per heavy atom. The van der Waals surface area contributed by atoms with Crippen molar-refractivity contribution in [2.75, 3.05) is 53.6 Å². The monoisotopic (exact) mass is 297 g/mol. The van der Waals surface area contributed by atoms with Crippen LogP contribution in [0, 0.1) is 5.92 Å². The summed E-state index contributed by atoms with van der Waals surface area (Å²) >= 11 is 0. The summed E-state index contributed by atoms with van der Waals surface area (Å²) in [5, 5.41) is 0. The van der Waals surface area contributed by atoms with Crippen molar-refractivity contribution in [1.29, 1.82) is 0 Å². The van der Waals surface area contributed by atoms with Crippen LogP contribution in [0.1, 0.15) is 25.7 Å². The van der Waals surface area contributed by atoms with E-state index in [0.717, 1.165) is 58.6 Å². The molecular weight excluding hydrogens is 266 g/mol. The molecule has 0 aromatic heterocycles. The van der Waals surface area contributed by atoms with Crippen LogP contribution in [0.4, 0.5) is 0 Å². The van der Waals surface area contributed by atoms with Gasteiger partial charge in [0, 0.05) is 51.4 Å². The van der Waals surface area contributed by atoms with Gasteiger partial charge in [0.1, 0.15) is 0 Å². The molecule has 3 saturated heterocycles. The highest BCUT2D eigenvalue weighted by atomic mass is 16.6. The van der Waals surface area contributed by atoms with Gasteiger partial charge >= 0.3 is 0 Å². The molecule has 4 unspecified atom stereocenters. The van der Waals surface area contributed by atoms with Crippen LogP contribution in [0.5, 0.6) is 0 Å². The Morgan fingerprint density at radius 3 is 2.90 bits per heavy atom. The quantitative estimate of drug-likeness (QED) is 0.824. The van der Waals surface area contributed by atoms with E-state index in [4.69, 9.17) is 15.2 Å². The standard InChI is InChI=1S/C16H31N3O2/c1-18-5-6-19(2)14(11-18)9-15(17)13-3-7-21-16(10-13)4-8-20-12-16/h13-15H,3-12,17H2,1-2H3. The minimum atomic E-state index is -0.0181. The van der Waals surface area contributed by atoms with E-state index >= 15 is 0 Å². The molecule has 0 aliphatic carbocycles. The van der Waals surface area contributed by atoms with Gasteiger partial charge in [0.25, 0.3) is 0 Å². The van der Waals surface area contributed by atoms with Crippen LogP contribution >= 0.6 is 0 Å². The maximum atomic E-state index is 6.60. The average Bonchev–Trinajstić information content (AvgIpc) is 2.91. The highest BCUT2D eigenvalue weighted by Gasteiger charge is 2.42. The van der Waals surface area contributed by atoms with Crippen LogP contribution in [0.15, 0.2) is 0 Å². The lowest BCUT2D eigenvalue weighted by Crippen LogP contribution is -2.53. The zero-order valence-corrected chi connectivity index (χ0v) is 13.6. The maximum Gasteiger partial charge on any atom is 0.0939 e. The molecule has 0 radical (unpaired) electrons. The van der Waals surface area contributed by atoms with Crippen molar-refractivity contribution in [3.05, 3.63) is 0 Å². The largest absolute Gasteiger partial charge is 0.378 e. The highest BCUT2D eigenvalue weighted by Crippen LogP contribution is 2.37. The molecule has 21 heavy (non-hydrogen) atoms. The number of ether oxygens (including phenoxy) is 2. The van der Waals surface area contributed by atoms with Crippen LogP contribution in [0.25, 0.3) is 0 Å². The molecule has 3 aliphatic rings. The number of nitrogens with zero attached hydrogens (tertiary/aromatic N) is 2. The molecule has 0 bridgehead atoms. The van der Waals surface area contributed by atoms with Crippen molar-refractivity contribution < 1.29 is 9.47 Å². The molecule has 1 spiro atoms. The number of piperazine rings is 1. The van der Waals surface area contributed by atoms with Gasteiger partial charge in [-0.2, -0.15) is 0 Å². The molecule has 3 heterocycles. The predicted molar refractivity (Wildman–Crippen MR) is 83.4 cm³/mol. The van der Waals surface area contributed by atoms with Gasteiger partial charge < -0.3 is 25.0 Å². The van der Waals surface area contributed by atoms with Gasteiger partial charge in [0.15, 0.2) is 0 Å². The van der Waals surface area contributed by atoms with Crippen LogP contribution in [0.3, 0.4) is 0 Å². The van der Waals surface area contributed by atoms with Crippen molar-refractivity contribution in [3.8, 4) is 0 Å². The third-order valence-corrected chi connectivity index (χ3v) is 5.73. The summed E-state index contributed by atoms with van der Waals surface area (Å²) in [5.41, 5.74) is 6.58. The van der Waals surface area contributed by atoms with E-state index < -0.39 is 0 Å². The summed E-state index contributed by atoms with van der Waals surface area (Å²) in [5.74, 6) is 0.584. The first-order valence-corrected chi connectivity index (χ1v) is 8.44. The first kappa shape index (κ1) is 15.7. The lowest BCUT2D eigenvalue weighted by molar-refractivity contribution is -0.102. The summed E-state index contributed by atoms with van der Waals surface area (Å²) < 4.78 is 11.6. The van der Waals surface area contributed by atoms with Gasteiger partial charge in [-0.3, -0.25) is 0 Å². The molecule has 4 atom stereocenters. The van der Waals surface area contributed by atoms with Crippen molar-refractivity contribution in [2.45, 2.75) is 43.4 Å². The molecule has 0 amide bonds. The van der Waals surface area contributed by atoms with Crippen molar-refractivity contribution >= 4 is 0 Å². The van der Waals surface area contributed by atoms with Crippen LogP contribution < -0.4 is 5.73 Å². The van der Waals surface area contributed by atoms with E-state index in [9.17, 15) is 0 Å². The maximum absolute atomic E-state index is 6.60. The predicted octanol–water partition coefficient (Wildman–Crippen LogP) is 0.535. The van der Waals surface area contributed by atoms with Crippen LogP contribution in [0.2, 0.25) is 0 Å². The van der Waals surface area contributed by atoms with Crippen molar-refractivity contribution in [1.82, 2.24) is 9.80 Å². The Bertz CT molecular complexity index is 346.